The van der Waals surface area contributed by atoms with E-state index in [1.54, 1.807) is 0 Å². The molecule has 20 heavy (non-hydrogen) atoms. The minimum atomic E-state index is -3.07. The molecule has 6 nitrogen and oxygen atoms in total. The number of rotatable bonds is 4. The fourth-order valence-corrected chi connectivity index (χ4v) is 3.09. The molecule has 1 aliphatic heterocycles. The third-order valence-corrected chi connectivity index (χ3v) is 4.77. The predicted octanol–water partition coefficient (Wildman–Crippen LogP) is 0.0479. The monoisotopic (exact) mass is 296 g/mol. The molecule has 0 spiro atoms. The molecule has 7 heteroatoms. The van der Waals surface area contributed by atoms with Crippen LogP contribution in [-0.4, -0.2) is 55.9 Å². The quantitative estimate of drug-likeness (QED) is 0.606. The van der Waals surface area contributed by atoms with E-state index in [0.29, 0.717) is 13.1 Å². The lowest BCUT2D eigenvalue weighted by Gasteiger charge is -2.33. The van der Waals surface area contributed by atoms with E-state index in [-0.39, 0.29) is 5.84 Å². The Morgan fingerprint density at radius 2 is 1.75 bits per heavy atom. The highest BCUT2D eigenvalue weighted by molar-refractivity contribution is 7.88. The second-order valence-corrected chi connectivity index (χ2v) is 7.03. The molecule has 0 radical (unpaired) electrons. The van der Waals surface area contributed by atoms with Crippen molar-refractivity contribution < 1.29 is 8.42 Å². The summed E-state index contributed by atoms with van der Waals surface area (Å²) in [5.74, 6) is 0.0679. The molecule has 1 aromatic carbocycles. The van der Waals surface area contributed by atoms with Crippen LogP contribution < -0.4 is 5.73 Å². The van der Waals surface area contributed by atoms with Crippen LogP contribution in [0.25, 0.3) is 0 Å². The van der Waals surface area contributed by atoms with Crippen LogP contribution in [0.3, 0.4) is 0 Å². The Hall–Kier alpha value is -1.44. The maximum absolute atomic E-state index is 11.4. The molecule has 1 heterocycles. The zero-order chi connectivity index (χ0) is 14.8. The molecule has 0 saturated carbocycles. The van der Waals surface area contributed by atoms with Gasteiger partial charge in [-0.15, -0.1) is 0 Å². The molecule has 1 aliphatic rings. The minimum Gasteiger partial charge on any atom is -0.384 e. The normalized spacial score (nSPS) is 18.1. The van der Waals surface area contributed by atoms with Gasteiger partial charge in [0.25, 0.3) is 0 Å². The lowest BCUT2D eigenvalue weighted by Crippen LogP contribution is -2.47. The highest BCUT2D eigenvalue weighted by Crippen LogP contribution is 2.11. The Morgan fingerprint density at radius 1 is 1.20 bits per heavy atom. The summed E-state index contributed by atoms with van der Waals surface area (Å²) in [5, 5.41) is 7.34. The van der Waals surface area contributed by atoms with E-state index in [4.69, 9.17) is 11.1 Å². The van der Waals surface area contributed by atoms with Crippen LogP contribution in [0.2, 0.25) is 0 Å². The standard InChI is InChI=1S/C13H20N4O2S/c1-20(18,19)17-8-6-16(7-9-17)10-11-2-4-12(5-3-11)13(14)15/h2-5H,6-10H2,1H3,(H3,14,15). The van der Waals surface area contributed by atoms with Gasteiger partial charge in [-0.25, -0.2) is 8.42 Å². The average Bonchev–Trinajstić information content (AvgIpc) is 2.39. The minimum absolute atomic E-state index is 0.0679. The molecule has 0 atom stereocenters. The molecule has 2 rings (SSSR count). The number of nitrogens with one attached hydrogen (secondary N) is 1. The van der Waals surface area contributed by atoms with Crippen LogP contribution in [0.5, 0.6) is 0 Å². The van der Waals surface area contributed by atoms with E-state index >= 15 is 0 Å². The summed E-state index contributed by atoms with van der Waals surface area (Å²) in [5.41, 5.74) is 7.27. The lowest BCUT2D eigenvalue weighted by molar-refractivity contribution is 0.182. The molecule has 1 fully saturated rings. The summed E-state index contributed by atoms with van der Waals surface area (Å²) in [6.45, 7) is 3.35. The topological polar surface area (TPSA) is 90.5 Å². The van der Waals surface area contributed by atoms with Gasteiger partial charge in [0.1, 0.15) is 5.84 Å². The van der Waals surface area contributed by atoms with Crippen LogP contribution in [0.15, 0.2) is 24.3 Å². The number of hydrogen-bond donors (Lipinski definition) is 2. The zero-order valence-electron chi connectivity index (χ0n) is 11.5. The highest BCUT2D eigenvalue weighted by Gasteiger charge is 2.23. The molecule has 0 amide bonds. The van der Waals surface area contributed by atoms with Gasteiger partial charge in [0.05, 0.1) is 6.26 Å². The lowest BCUT2D eigenvalue weighted by atomic mass is 10.1. The van der Waals surface area contributed by atoms with Crippen molar-refractivity contribution in [1.82, 2.24) is 9.21 Å². The first-order valence-corrected chi connectivity index (χ1v) is 8.32. The van der Waals surface area contributed by atoms with Gasteiger partial charge in [-0.2, -0.15) is 4.31 Å². The van der Waals surface area contributed by atoms with Gasteiger partial charge in [-0.1, -0.05) is 24.3 Å². The summed E-state index contributed by atoms with van der Waals surface area (Å²) in [6.07, 6.45) is 1.25. The van der Waals surface area contributed by atoms with E-state index < -0.39 is 10.0 Å². The van der Waals surface area contributed by atoms with Crippen LogP contribution in [0.1, 0.15) is 11.1 Å². The maximum Gasteiger partial charge on any atom is 0.211 e. The molecule has 0 aliphatic carbocycles. The number of nitrogens with two attached hydrogens (primary N) is 1. The van der Waals surface area contributed by atoms with Crippen molar-refractivity contribution in [3.63, 3.8) is 0 Å². The van der Waals surface area contributed by atoms with Gasteiger partial charge in [0.2, 0.25) is 10.0 Å². The summed E-state index contributed by atoms with van der Waals surface area (Å²) < 4.78 is 24.4. The molecular formula is C13H20N4O2S. The predicted molar refractivity (Wildman–Crippen MR) is 79.2 cm³/mol. The van der Waals surface area contributed by atoms with Crippen LogP contribution in [0.4, 0.5) is 0 Å². The van der Waals surface area contributed by atoms with Crippen molar-refractivity contribution in [3.05, 3.63) is 35.4 Å². The fourth-order valence-electron chi connectivity index (χ4n) is 2.27. The summed E-state index contributed by atoms with van der Waals surface area (Å²) in [7, 11) is -3.07. The number of nitrogen functional groups attached to an aromatic ring is 1. The summed E-state index contributed by atoms with van der Waals surface area (Å²) >= 11 is 0. The van der Waals surface area contributed by atoms with Crippen LogP contribution in [0, 0.1) is 5.41 Å². The first-order chi connectivity index (χ1) is 9.36. The molecule has 1 saturated heterocycles. The number of nitrogens with zero attached hydrogens (tertiary/aromatic N) is 2. The Kier molecular flexibility index (Phi) is 4.42. The van der Waals surface area contributed by atoms with Crippen molar-refractivity contribution in [2.75, 3.05) is 32.4 Å². The average molecular weight is 296 g/mol. The Morgan fingerprint density at radius 3 is 2.20 bits per heavy atom. The first kappa shape index (κ1) is 15.0. The smallest absolute Gasteiger partial charge is 0.211 e. The molecular weight excluding hydrogens is 276 g/mol. The third-order valence-electron chi connectivity index (χ3n) is 3.47. The zero-order valence-corrected chi connectivity index (χ0v) is 12.4. The van der Waals surface area contributed by atoms with Crippen molar-refractivity contribution in [2.24, 2.45) is 5.73 Å². The maximum atomic E-state index is 11.4. The second-order valence-electron chi connectivity index (χ2n) is 5.05. The van der Waals surface area contributed by atoms with E-state index in [2.05, 4.69) is 4.90 Å². The first-order valence-electron chi connectivity index (χ1n) is 6.47. The number of sulfonamides is 1. The van der Waals surface area contributed by atoms with Crippen molar-refractivity contribution >= 4 is 15.9 Å². The van der Waals surface area contributed by atoms with Crippen LogP contribution in [-0.2, 0) is 16.6 Å². The highest BCUT2D eigenvalue weighted by atomic mass is 32.2. The van der Waals surface area contributed by atoms with E-state index in [1.807, 2.05) is 24.3 Å². The van der Waals surface area contributed by atoms with Gasteiger partial charge in [0.15, 0.2) is 0 Å². The number of amidine groups is 1. The van der Waals surface area contributed by atoms with Gasteiger partial charge >= 0.3 is 0 Å². The van der Waals surface area contributed by atoms with Gasteiger partial charge in [0, 0.05) is 38.3 Å². The summed E-state index contributed by atoms with van der Waals surface area (Å²) in [4.78, 5) is 2.23. The van der Waals surface area contributed by atoms with Gasteiger partial charge in [-0.3, -0.25) is 10.3 Å². The van der Waals surface area contributed by atoms with Crippen molar-refractivity contribution in [3.8, 4) is 0 Å². The Bertz CT molecular complexity index is 575. The SMILES string of the molecule is CS(=O)(=O)N1CCN(Cc2ccc(C(=N)N)cc2)CC1. The van der Waals surface area contributed by atoms with Crippen LogP contribution >= 0.6 is 0 Å². The van der Waals surface area contributed by atoms with E-state index in [9.17, 15) is 8.42 Å². The fraction of sp³-hybridized carbons (Fsp3) is 0.462. The Balaban J connectivity index is 1.91. The van der Waals surface area contributed by atoms with Gasteiger partial charge < -0.3 is 5.73 Å². The number of benzene rings is 1. The van der Waals surface area contributed by atoms with E-state index in [0.717, 1.165) is 30.8 Å². The largest absolute Gasteiger partial charge is 0.384 e. The molecule has 0 aromatic heterocycles. The molecule has 1 aromatic rings. The van der Waals surface area contributed by atoms with E-state index in [1.165, 1.54) is 10.6 Å². The molecule has 0 bridgehead atoms. The molecule has 0 unspecified atom stereocenters. The van der Waals surface area contributed by atoms with Crippen molar-refractivity contribution in [2.45, 2.75) is 6.54 Å². The Labute approximate surface area is 119 Å². The molecule has 3 N–H and O–H groups in total. The number of hydrogen-bond acceptors (Lipinski definition) is 4. The molecule has 110 valence electrons. The van der Waals surface area contributed by atoms with Crippen molar-refractivity contribution in [1.29, 1.82) is 5.41 Å². The number of piperazine rings is 1. The summed E-state index contributed by atoms with van der Waals surface area (Å²) in [6, 6.07) is 7.59. The third kappa shape index (κ3) is 3.78. The second kappa shape index (κ2) is 5.90. The van der Waals surface area contributed by atoms with Gasteiger partial charge in [-0.05, 0) is 5.56 Å².